The highest BCUT2D eigenvalue weighted by atomic mass is 35.5. The van der Waals surface area contributed by atoms with E-state index in [-0.39, 0.29) is 5.91 Å². The summed E-state index contributed by atoms with van der Waals surface area (Å²) in [5.74, 6) is 1.92. The quantitative estimate of drug-likeness (QED) is 0.731. The van der Waals surface area contributed by atoms with E-state index in [1.54, 1.807) is 24.3 Å². The third kappa shape index (κ3) is 4.21. The smallest absolute Gasteiger partial charge is 0.254 e. The van der Waals surface area contributed by atoms with Gasteiger partial charge in [-0.3, -0.25) is 4.79 Å². The first kappa shape index (κ1) is 20.5. The summed E-state index contributed by atoms with van der Waals surface area (Å²) in [5, 5.41) is 0.640. The number of likely N-dealkylation sites (N-methyl/N-ethyl adjacent to an activating group) is 1. The van der Waals surface area contributed by atoms with Crippen LogP contribution in [0.15, 0.2) is 24.3 Å². The number of anilines is 2. The molecule has 164 valence electrons. The normalized spacial score (nSPS) is 19.6. The van der Waals surface area contributed by atoms with Crippen molar-refractivity contribution in [2.45, 2.75) is 25.8 Å². The molecule has 1 aromatic heterocycles. The fourth-order valence-corrected chi connectivity index (χ4v) is 4.80. The molecule has 5 rings (SSSR count). The zero-order chi connectivity index (χ0) is 21.4. The molecular formula is C23H29ClN6O. The summed E-state index contributed by atoms with van der Waals surface area (Å²) in [5.41, 5.74) is 2.88. The summed E-state index contributed by atoms with van der Waals surface area (Å²) >= 11 is 6.00. The number of rotatable bonds is 3. The molecule has 2 fully saturated rings. The summed E-state index contributed by atoms with van der Waals surface area (Å²) in [6.45, 7) is 7.22. The standard InChI is InChI=1S/C23H29ClN6O/c1-27-12-14-28(15-13-27)21-19-16-30(22(31)17-4-6-18(24)7-5-17)11-8-20(19)25-23(26-21)29-9-2-3-10-29/h4-7H,2-3,8-16H2,1H3. The van der Waals surface area contributed by atoms with Gasteiger partial charge in [0.05, 0.1) is 12.2 Å². The summed E-state index contributed by atoms with van der Waals surface area (Å²) in [7, 11) is 2.16. The molecule has 7 nitrogen and oxygen atoms in total. The Bertz CT molecular complexity index is 951. The van der Waals surface area contributed by atoms with Gasteiger partial charge in [-0.1, -0.05) is 11.6 Å². The molecule has 0 atom stereocenters. The first-order chi connectivity index (χ1) is 15.1. The molecule has 0 spiro atoms. The van der Waals surface area contributed by atoms with Crippen LogP contribution in [-0.2, 0) is 13.0 Å². The van der Waals surface area contributed by atoms with E-state index in [2.05, 4.69) is 21.7 Å². The number of hydrogen-bond donors (Lipinski definition) is 0. The predicted octanol–water partition coefficient (Wildman–Crippen LogP) is 2.68. The molecule has 0 saturated carbocycles. The third-order valence-corrected chi connectivity index (χ3v) is 6.85. The Morgan fingerprint density at radius 1 is 0.903 bits per heavy atom. The number of amides is 1. The maximum atomic E-state index is 13.1. The van der Waals surface area contributed by atoms with Crippen molar-refractivity contribution in [2.24, 2.45) is 0 Å². The Kier molecular flexibility index (Phi) is 5.71. The van der Waals surface area contributed by atoms with Gasteiger partial charge in [-0.05, 0) is 44.2 Å². The second-order valence-corrected chi connectivity index (χ2v) is 9.18. The van der Waals surface area contributed by atoms with Crippen LogP contribution in [0.4, 0.5) is 11.8 Å². The lowest BCUT2D eigenvalue weighted by atomic mass is 10.0. The average molecular weight is 441 g/mol. The number of benzene rings is 1. The topological polar surface area (TPSA) is 55.8 Å². The van der Waals surface area contributed by atoms with E-state index in [9.17, 15) is 4.79 Å². The van der Waals surface area contributed by atoms with Gasteiger partial charge in [-0.25, -0.2) is 4.98 Å². The van der Waals surface area contributed by atoms with Gasteiger partial charge in [0.15, 0.2) is 0 Å². The number of aromatic nitrogens is 2. The van der Waals surface area contributed by atoms with Crippen LogP contribution in [0.3, 0.4) is 0 Å². The maximum absolute atomic E-state index is 13.1. The van der Waals surface area contributed by atoms with Crippen LogP contribution in [-0.4, -0.2) is 78.5 Å². The van der Waals surface area contributed by atoms with Gasteiger partial charge in [0.1, 0.15) is 5.82 Å². The SMILES string of the molecule is CN1CCN(c2nc(N3CCCC3)nc3c2CN(C(=O)c2ccc(Cl)cc2)CC3)CC1. The monoisotopic (exact) mass is 440 g/mol. The second-order valence-electron chi connectivity index (χ2n) is 8.74. The second kappa shape index (κ2) is 8.63. The molecule has 1 aromatic carbocycles. The Labute approximate surface area is 188 Å². The lowest BCUT2D eigenvalue weighted by Crippen LogP contribution is -2.46. The molecule has 2 saturated heterocycles. The Balaban J connectivity index is 1.46. The molecule has 31 heavy (non-hydrogen) atoms. The van der Waals surface area contributed by atoms with Crippen molar-refractivity contribution in [3.8, 4) is 0 Å². The van der Waals surface area contributed by atoms with E-state index in [1.807, 2.05) is 4.90 Å². The lowest BCUT2D eigenvalue weighted by molar-refractivity contribution is 0.0733. The van der Waals surface area contributed by atoms with Crippen molar-refractivity contribution in [2.75, 3.05) is 62.7 Å². The van der Waals surface area contributed by atoms with Gasteiger partial charge >= 0.3 is 0 Å². The van der Waals surface area contributed by atoms with Gasteiger partial charge in [-0.15, -0.1) is 0 Å². The van der Waals surface area contributed by atoms with Gasteiger partial charge in [0, 0.05) is 68.4 Å². The van der Waals surface area contributed by atoms with E-state index in [1.165, 1.54) is 12.8 Å². The van der Waals surface area contributed by atoms with Crippen LogP contribution >= 0.6 is 11.6 Å². The van der Waals surface area contributed by atoms with E-state index < -0.39 is 0 Å². The van der Waals surface area contributed by atoms with Gasteiger partial charge in [-0.2, -0.15) is 4.98 Å². The van der Waals surface area contributed by atoms with Crippen molar-refractivity contribution >= 4 is 29.3 Å². The predicted molar refractivity (Wildman–Crippen MR) is 123 cm³/mol. The van der Waals surface area contributed by atoms with Gasteiger partial charge in [0.25, 0.3) is 5.91 Å². The van der Waals surface area contributed by atoms with Crippen LogP contribution in [0.5, 0.6) is 0 Å². The number of carbonyl (C=O) groups is 1. The first-order valence-corrected chi connectivity index (χ1v) is 11.6. The highest BCUT2D eigenvalue weighted by Gasteiger charge is 2.30. The van der Waals surface area contributed by atoms with E-state index in [0.717, 1.165) is 68.7 Å². The van der Waals surface area contributed by atoms with E-state index >= 15 is 0 Å². The summed E-state index contributed by atoms with van der Waals surface area (Å²) in [4.78, 5) is 32.1. The van der Waals surface area contributed by atoms with Crippen LogP contribution < -0.4 is 9.80 Å². The molecule has 3 aliphatic heterocycles. The Morgan fingerprint density at radius 2 is 1.61 bits per heavy atom. The largest absolute Gasteiger partial charge is 0.354 e. The van der Waals surface area contributed by atoms with Crippen molar-refractivity contribution < 1.29 is 4.79 Å². The van der Waals surface area contributed by atoms with Crippen LogP contribution in [0.25, 0.3) is 0 Å². The highest BCUT2D eigenvalue weighted by Crippen LogP contribution is 2.31. The third-order valence-electron chi connectivity index (χ3n) is 6.60. The van der Waals surface area contributed by atoms with Crippen molar-refractivity contribution in [3.63, 3.8) is 0 Å². The van der Waals surface area contributed by atoms with Crippen LogP contribution in [0, 0.1) is 0 Å². The van der Waals surface area contributed by atoms with E-state index in [4.69, 9.17) is 21.6 Å². The lowest BCUT2D eigenvalue weighted by Gasteiger charge is -2.37. The number of nitrogens with zero attached hydrogens (tertiary/aromatic N) is 6. The molecule has 4 heterocycles. The minimum Gasteiger partial charge on any atom is -0.354 e. The zero-order valence-corrected chi connectivity index (χ0v) is 18.8. The van der Waals surface area contributed by atoms with Crippen LogP contribution in [0.1, 0.15) is 34.5 Å². The van der Waals surface area contributed by atoms with Crippen molar-refractivity contribution in [1.29, 1.82) is 0 Å². The van der Waals surface area contributed by atoms with Crippen molar-refractivity contribution in [3.05, 3.63) is 46.1 Å². The molecule has 0 N–H and O–H groups in total. The molecule has 3 aliphatic rings. The van der Waals surface area contributed by atoms with E-state index in [0.29, 0.717) is 23.7 Å². The number of carbonyl (C=O) groups excluding carboxylic acids is 1. The fraction of sp³-hybridized carbons (Fsp3) is 0.522. The van der Waals surface area contributed by atoms with Crippen molar-refractivity contribution in [1.82, 2.24) is 19.8 Å². The molecule has 2 aromatic rings. The molecule has 1 amide bonds. The minimum atomic E-state index is 0.0373. The molecule has 8 heteroatoms. The number of halogens is 1. The molecule has 0 aliphatic carbocycles. The maximum Gasteiger partial charge on any atom is 0.254 e. The first-order valence-electron chi connectivity index (χ1n) is 11.2. The minimum absolute atomic E-state index is 0.0373. The Hall–Kier alpha value is -2.38. The number of hydrogen-bond acceptors (Lipinski definition) is 6. The molecular weight excluding hydrogens is 412 g/mol. The molecule has 0 bridgehead atoms. The van der Waals surface area contributed by atoms with Crippen LogP contribution in [0.2, 0.25) is 5.02 Å². The molecule has 0 radical (unpaired) electrons. The van der Waals surface area contributed by atoms with Gasteiger partial charge < -0.3 is 19.6 Å². The van der Waals surface area contributed by atoms with Gasteiger partial charge in [0.2, 0.25) is 5.95 Å². The highest BCUT2D eigenvalue weighted by molar-refractivity contribution is 6.30. The summed E-state index contributed by atoms with van der Waals surface area (Å²) in [6, 6.07) is 7.14. The summed E-state index contributed by atoms with van der Waals surface area (Å²) in [6.07, 6.45) is 3.17. The average Bonchev–Trinajstić information content (AvgIpc) is 3.34. The zero-order valence-electron chi connectivity index (χ0n) is 18.1. The molecule has 0 unspecified atom stereocenters. The Morgan fingerprint density at radius 3 is 2.32 bits per heavy atom. The number of piperazine rings is 1. The fourth-order valence-electron chi connectivity index (χ4n) is 4.67. The summed E-state index contributed by atoms with van der Waals surface area (Å²) < 4.78 is 0. The number of fused-ring (bicyclic) bond motifs is 1.